The van der Waals surface area contributed by atoms with E-state index in [1.165, 1.54) is 15.9 Å². The molecule has 0 aliphatic carbocycles. The van der Waals surface area contributed by atoms with Gasteiger partial charge in [0.1, 0.15) is 5.75 Å². The molecule has 8 nitrogen and oxygen atoms in total. The zero-order valence-electron chi connectivity index (χ0n) is 20.6. The Morgan fingerprint density at radius 3 is 2.60 bits per heavy atom. The van der Waals surface area contributed by atoms with Crippen LogP contribution in [0.5, 0.6) is 17.2 Å². The van der Waals surface area contributed by atoms with Gasteiger partial charge in [-0.2, -0.15) is 4.52 Å². The molecule has 2 atom stereocenters. The Balaban J connectivity index is 1.67. The lowest BCUT2D eigenvalue weighted by Gasteiger charge is -2.22. The zero-order chi connectivity index (χ0) is 24.9. The van der Waals surface area contributed by atoms with Gasteiger partial charge in [-0.15, -0.1) is 5.10 Å². The van der Waals surface area contributed by atoms with Gasteiger partial charge < -0.3 is 19.5 Å². The molecule has 0 bridgehead atoms. The molecule has 184 valence electrons. The summed E-state index contributed by atoms with van der Waals surface area (Å²) in [7, 11) is 4.82. The number of benzene rings is 2. The second-order valence-electron chi connectivity index (χ2n) is 8.23. The summed E-state index contributed by atoms with van der Waals surface area (Å²) < 4.78 is 18.2. The molecule has 0 spiro atoms. The lowest BCUT2D eigenvalue weighted by molar-refractivity contribution is 0.354. The Kier molecular flexibility index (Phi) is 7.67. The molecule has 0 amide bonds. The summed E-state index contributed by atoms with van der Waals surface area (Å²) in [6.07, 6.45) is 3.33. The van der Waals surface area contributed by atoms with Crippen LogP contribution in [-0.2, 0) is 6.42 Å². The molecule has 0 fully saturated rings. The molecule has 0 saturated carbocycles. The molecule has 2 heterocycles. The first-order valence-corrected chi connectivity index (χ1v) is 12.3. The molecular weight excluding hydrogens is 464 g/mol. The highest BCUT2D eigenvalue weighted by Crippen LogP contribution is 2.31. The van der Waals surface area contributed by atoms with E-state index in [9.17, 15) is 4.79 Å². The number of nitrogens with zero attached hydrogens (tertiary/aromatic N) is 3. The van der Waals surface area contributed by atoms with Gasteiger partial charge >= 0.3 is 0 Å². The van der Waals surface area contributed by atoms with Gasteiger partial charge in [0.25, 0.3) is 5.56 Å². The topological polar surface area (TPSA) is 87.0 Å². The second kappa shape index (κ2) is 10.9. The van der Waals surface area contributed by atoms with Crippen LogP contribution in [0.25, 0.3) is 11.0 Å². The maximum atomic E-state index is 13.1. The standard InChI is InChI=1S/C26H30N4O4S/c1-6-16(2)27-20(17-9-7-11-19(13-17)32-3)15-23-28-26-30(29-23)25(31)22(35-26)14-18-10-8-12-21(33-4)24(18)34-5/h7-14,16,20,27H,6,15H2,1-5H3/b22-14-. The van der Waals surface area contributed by atoms with Crippen molar-refractivity contribution in [2.45, 2.75) is 38.8 Å². The van der Waals surface area contributed by atoms with E-state index in [1.54, 1.807) is 27.4 Å². The third kappa shape index (κ3) is 5.31. The van der Waals surface area contributed by atoms with Gasteiger partial charge in [0, 0.05) is 24.1 Å². The van der Waals surface area contributed by atoms with Crippen molar-refractivity contribution in [2.75, 3.05) is 21.3 Å². The van der Waals surface area contributed by atoms with Gasteiger partial charge in [0.2, 0.25) is 4.96 Å². The van der Waals surface area contributed by atoms with E-state index in [2.05, 4.69) is 35.3 Å². The van der Waals surface area contributed by atoms with E-state index in [1.807, 2.05) is 36.4 Å². The molecule has 1 N–H and O–H groups in total. The van der Waals surface area contributed by atoms with Crippen LogP contribution in [0.2, 0.25) is 0 Å². The number of hydrogen-bond acceptors (Lipinski definition) is 8. The van der Waals surface area contributed by atoms with Gasteiger partial charge in [-0.05, 0) is 43.2 Å². The summed E-state index contributed by atoms with van der Waals surface area (Å²) in [5.41, 5.74) is 1.63. The van der Waals surface area contributed by atoms with Gasteiger partial charge in [-0.3, -0.25) is 4.79 Å². The fraction of sp³-hybridized carbons (Fsp3) is 0.346. The Labute approximate surface area is 208 Å². The minimum absolute atomic E-state index is 0.0145. The number of hydrogen-bond donors (Lipinski definition) is 1. The summed E-state index contributed by atoms with van der Waals surface area (Å²) in [6, 6.07) is 13.8. The van der Waals surface area contributed by atoms with Crippen molar-refractivity contribution in [1.29, 1.82) is 0 Å². The van der Waals surface area contributed by atoms with Gasteiger partial charge in [-0.25, -0.2) is 4.98 Å². The van der Waals surface area contributed by atoms with Crippen LogP contribution >= 0.6 is 11.3 Å². The number of thiazole rings is 1. The van der Waals surface area contributed by atoms with Crippen LogP contribution in [0, 0.1) is 0 Å². The highest BCUT2D eigenvalue weighted by atomic mass is 32.1. The summed E-state index contributed by atoms with van der Waals surface area (Å²) in [6.45, 7) is 4.29. The monoisotopic (exact) mass is 494 g/mol. The molecule has 0 aliphatic rings. The van der Waals surface area contributed by atoms with Crippen molar-refractivity contribution >= 4 is 22.4 Å². The number of ether oxygens (including phenoxy) is 3. The average molecular weight is 495 g/mol. The number of rotatable bonds is 10. The SMILES string of the molecule is CCC(C)NC(Cc1nc2s/c(=C\c3cccc(OC)c3OC)c(=O)n2n1)c1cccc(OC)c1. The number of nitrogens with one attached hydrogen (secondary N) is 1. The van der Waals surface area contributed by atoms with Gasteiger partial charge in [-0.1, -0.05) is 42.5 Å². The van der Waals surface area contributed by atoms with Crippen LogP contribution < -0.4 is 29.6 Å². The van der Waals surface area contributed by atoms with E-state index in [0.717, 1.165) is 23.3 Å². The number of para-hydroxylation sites is 1. The molecule has 0 saturated heterocycles. The first kappa shape index (κ1) is 24.7. The van der Waals surface area contributed by atoms with Gasteiger partial charge in [0.15, 0.2) is 17.3 Å². The van der Waals surface area contributed by atoms with Crippen molar-refractivity contribution in [3.8, 4) is 17.2 Å². The van der Waals surface area contributed by atoms with Crippen LogP contribution in [0.1, 0.15) is 43.3 Å². The van der Waals surface area contributed by atoms with Gasteiger partial charge in [0.05, 0.1) is 25.9 Å². The summed E-state index contributed by atoms with van der Waals surface area (Å²) in [5, 5.41) is 8.20. The summed E-state index contributed by atoms with van der Waals surface area (Å²) >= 11 is 1.30. The minimum Gasteiger partial charge on any atom is -0.497 e. The van der Waals surface area contributed by atoms with E-state index in [0.29, 0.717) is 39.3 Å². The minimum atomic E-state index is -0.207. The van der Waals surface area contributed by atoms with Crippen LogP contribution in [0.4, 0.5) is 0 Å². The molecule has 2 aromatic carbocycles. The quantitative estimate of drug-likeness (QED) is 0.362. The van der Waals surface area contributed by atoms with Crippen molar-refractivity contribution in [1.82, 2.24) is 19.9 Å². The maximum absolute atomic E-state index is 13.1. The van der Waals surface area contributed by atoms with E-state index in [4.69, 9.17) is 14.2 Å². The smallest absolute Gasteiger partial charge is 0.291 e. The van der Waals surface area contributed by atoms with E-state index < -0.39 is 0 Å². The average Bonchev–Trinajstić information content (AvgIpc) is 3.41. The Bertz CT molecular complexity index is 1410. The highest BCUT2D eigenvalue weighted by molar-refractivity contribution is 7.15. The predicted molar refractivity (Wildman–Crippen MR) is 138 cm³/mol. The van der Waals surface area contributed by atoms with Crippen LogP contribution in [0.15, 0.2) is 47.3 Å². The lowest BCUT2D eigenvalue weighted by atomic mass is 10.0. The highest BCUT2D eigenvalue weighted by Gasteiger charge is 2.19. The van der Waals surface area contributed by atoms with Crippen molar-refractivity contribution in [3.63, 3.8) is 0 Å². The predicted octanol–water partition coefficient (Wildman–Crippen LogP) is 3.40. The molecule has 0 aliphatic heterocycles. The molecule has 4 rings (SSSR count). The molecule has 0 radical (unpaired) electrons. The van der Waals surface area contributed by atoms with Crippen molar-refractivity contribution in [3.05, 3.63) is 74.3 Å². The lowest BCUT2D eigenvalue weighted by Crippen LogP contribution is -2.31. The molecular formula is C26H30N4O4S. The second-order valence-corrected chi connectivity index (χ2v) is 9.24. The Morgan fingerprint density at radius 1 is 1.11 bits per heavy atom. The molecule has 2 aromatic heterocycles. The first-order chi connectivity index (χ1) is 17.0. The van der Waals surface area contributed by atoms with Crippen LogP contribution in [-0.4, -0.2) is 42.0 Å². The maximum Gasteiger partial charge on any atom is 0.291 e. The first-order valence-electron chi connectivity index (χ1n) is 11.5. The third-order valence-electron chi connectivity index (χ3n) is 5.93. The normalized spacial score (nSPS) is 13.7. The third-order valence-corrected chi connectivity index (χ3v) is 6.89. The molecule has 4 aromatic rings. The molecule has 35 heavy (non-hydrogen) atoms. The molecule has 9 heteroatoms. The van der Waals surface area contributed by atoms with Crippen molar-refractivity contribution < 1.29 is 14.2 Å². The fourth-order valence-electron chi connectivity index (χ4n) is 3.90. The summed E-state index contributed by atoms with van der Waals surface area (Å²) in [5.74, 6) is 2.59. The van der Waals surface area contributed by atoms with E-state index in [-0.39, 0.29) is 11.6 Å². The Hall–Kier alpha value is -3.43. The molecule has 2 unspecified atom stereocenters. The number of fused-ring (bicyclic) bond motifs is 1. The fourth-order valence-corrected chi connectivity index (χ4v) is 4.82. The number of aromatic nitrogens is 3. The largest absolute Gasteiger partial charge is 0.497 e. The van der Waals surface area contributed by atoms with E-state index >= 15 is 0 Å². The number of methoxy groups -OCH3 is 3. The van der Waals surface area contributed by atoms with Crippen LogP contribution in [0.3, 0.4) is 0 Å². The van der Waals surface area contributed by atoms with Crippen molar-refractivity contribution in [2.24, 2.45) is 0 Å². The zero-order valence-corrected chi connectivity index (χ0v) is 21.4. The Morgan fingerprint density at radius 2 is 1.91 bits per heavy atom. The summed E-state index contributed by atoms with van der Waals surface area (Å²) in [4.78, 5) is 18.3.